The Balaban J connectivity index is 2.17. The van der Waals surface area contributed by atoms with Crippen molar-refractivity contribution >= 4 is 0 Å². The molecule has 3 heteroatoms. The Bertz CT molecular complexity index is 153. The zero-order valence-corrected chi connectivity index (χ0v) is 9.73. The van der Waals surface area contributed by atoms with Gasteiger partial charge < -0.3 is 15.4 Å². The van der Waals surface area contributed by atoms with E-state index in [4.69, 9.17) is 4.74 Å². The van der Waals surface area contributed by atoms with Crippen molar-refractivity contribution < 1.29 is 4.74 Å². The van der Waals surface area contributed by atoms with Crippen LogP contribution in [-0.4, -0.2) is 37.9 Å². The van der Waals surface area contributed by atoms with Crippen LogP contribution in [0.4, 0.5) is 0 Å². The molecule has 0 radical (unpaired) electrons. The normalized spacial score (nSPS) is 19.9. The summed E-state index contributed by atoms with van der Waals surface area (Å²) >= 11 is 0. The lowest BCUT2D eigenvalue weighted by atomic mass is 10.0. The van der Waals surface area contributed by atoms with Gasteiger partial charge in [0.25, 0.3) is 0 Å². The maximum atomic E-state index is 5.64. The first-order valence-corrected chi connectivity index (χ1v) is 5.72. The molecule has 1 saturated heterocycles. The predicted octanol–water partition coefficient (Wildman–Crippen LogP) is 1.14. The summed E-state index contributed by atoms with van der Waals surface area (Å²) in [6, 6.07) is 0.677. The Morgan fingerprint density at radius 2 is 2.00 bits per heavy atom. The third kappa shape index (κ3) is 4.40. The average Bonchev–Trinajstić information content (AvgIpc) is 2.17. The van der Waals surface area contributed by atoms with E-state index in [0.29, 0.717) is 6.04 Å². The summed E-state index contributed by atoms with van der Waals surface area (Å²) < 4.78 is 5.64. The summed E-state index contributed by atoms with van der Waals surface area (Å²) in [6.45, 7) is 10.4. The van der Waals surface area contributed by atoms with Crippen LogP contribution >= 0.6 is 0 Å². The number of ether oxygens (including phenoxy) is 1. The minimum atomic E-state index is -0.0281. The van der Waals surface area contributed by atoms with Crippen LogP contribution in [-0.2, 0) is 4.74 Å². The molecule has 1 fully saturated rings. The molecule has 1 aliphatic heterocycles. The van der Waals surface area contributed by atoms with E-state index in [1.807, 2.05) is 6.92 Å². The molecule has 2 N–H and O–H groups in total. The Kier molecular flexibility index (Phi) is 4.85. The smallest absolute Gasteiger partial charge is 0.0750 e. The van der Waals surface area contributed by atoms with Gasteiger partial charge in [-0.2, -0.15) is 0 Å². The minimum Gasteiger partial charge on any atom is -0.375 e. The molecule has 0 aliphatic carbocycles. The van der Waals surface area contributed by atoms with Gasteiger partial charge in [0.1, 0.15) is 0 Å². The molecule has 0 saturated carbocycles. The number of hydrogen-bond donors (Lipinski definition) is 2. The average molecular weight is 200 g/mol. The van der Waals surface area contributed by atoms with Crippen LogP contribution in [0.1, 0.15) is 33.6 Å². The zero-order valence-electron chi connectivity index (χ0n) is 9.73. The van der Waals surface area contributed by atoms with Crippen LogP contribution in [0.15, 0.2) is 0 Å². The van der Waals surface area contributed by atoms with E-state index in [2.05, 4.69) is 24.5 Å². The van der Waals surface area contributed by atoms with E-state index >= 15 is 0 Å². The first kappa shape index (κ1) is 12.0. The molecule has 0 aromatic heterocycles. The number of nitrogens with one attached hydrogen (secondary N) is 2. The van der Waals surface area contributed by atoms with Crippen LogP contribution in [0.3, 0.4) is 0 Å². The lowest BCUT2D eigenvalue weighted by molar-refractivity contribution is -0.0111. The van der Waals surface area contributed by atoms with Crippen LogP contribution in [0.2, 0.25) is 0 Å². The molecule has 3 nitrogen and oxygen atoms in total. The van der Waals surface area contributed by atoms with Gasteiger partial charge in [-0.3, -0.25) is 0 Å². The van der Waals surface area contributed by atoms with Crippen molar-refractivity contribution in [3.63, 3.8) is 0 Å². The van der Waals surface area contributed by atoms with Gasteiger partial charge in [0.2, 0.25) is 0 Å². The Labute approximate surface area is 87.6 Å². The van der Waals surface area contributed by atoms with Gasteiger partial charge in [-0.05, 0) is 46.7 Å². The quantitative estimate of drug-likeness (QED) is 0.698. The molecule has 0 unspecified atom stereocenters. The van der Waals surface area contributed by atoms with Gasteiger partial charge in [0.05, 0.1) is 5.60 Å². The van der Waals surface area contributed by atoms with Crippen molar-refractivity contribution in [3.05, 3.63) is 0 Å². The summed E-state index contributed by atoms with van der Waals surface area (Å²) in [4.78, 5) is 0. The molecule has 84 valence electrons. The maximum absolute atomic E-state index is 5.64. The molecule has 1 aliphatic rings. The Hall–Kier alpha value is -0.120. The molecule has 0 spiro atoms. The molecule has 1 rings (SSSR count). The highest BCUT2D eigenvalue weighted by atomic mass is 16.5. The van der Waals surface area contributed by atoms with Crippen molar-refractivity contribution in [2.45, 2.75) is 45.3 Å². The van der Waals surface area contributed by atoms with Crippen molar-refractivity contribution in [3.8, 4) is 0 Å². The first-order valence-electron chi connectivity index (χ1n) is 5.72. The highest BCUT2D eigenvalue weighted by Crippen LogP contribution is 2.09. The topological polar surface area (TPSA) is 33.3 Å². The summed E-state index contributed by atoms with van der Waals surface area (Å²) in [5, 5.41) is 6.95. The summed E-state index contributed by atoms with van der Waals surface area (Å²) in [7, 11) is 0. The van der Waals surface area contributed by atoms with Crippen molar-refractivity contribution in [1.29, 1.82) is 0 Å². The van der Waals surface area contributed by atoms with E-state index in [1.54, 1.807) is 0 Å². The van der Waals surface area contributed by atoms with Crippen LogP contribution in [0.25, 0.3) is 0 Å². The molecule has 0 atom stereocenters. The van der Waals surface area contributed by atoms with Gasteiger partial charge in [0.15, 0.2) is 0 Å². The van der Waals surface area contributed by atoms with E-state index < -0.39 is 0 Å². The Morgan fingerprint density at radius 3 is 2.57 bits per heavy atom. The van der Waals surface area contributed by atoms with E-state index in [9.17, 15) is 0 Å². The second-order valence-corrected chi connectivity index (χ2v) is 4.60. The molecule has 0 aromatic rings. The van der Waals surface area contributed by atoms with Crippen molar-refractivity contribution in [2.24, 2.45) is 0 Å². The molecule has 0 bridgehead atoms. The number of piperidine rings is 1. The second-order valence-electron chi connectivity index (χ2n) is 4.60. The van der Waals surface area contributed by atoms with E-state index in [1.165, 1.54) is 12.8 Å². The lowest BCUT2D eigenvalue weighted by Crippen LogP contribution is -2.46. The van der Waals surface area contributed by atoms with Gasteiger partial charge in [-0.25, -0.2) is 0 Å². The minimum absolute atomic E-state index is 0.0281. The van der Waals surface area contributed by atoms with Crippen LogP contribution < -0.4 is 10.6 Å². The fraction of sp³-hybridized carbons (Fsp3) is 1.00. The number of hydrogen-bond acceptors (Lipinski definition) is 3. The summed E-state index contributed by atoms with van der Waals surface area (Å²) in [6.07, 6.45) is 2.48. The highest BCUT2D eigenvalue weighted by molar-refractivity contribution is 4.79. The van der Waals surface area contributed by atoms with Gasteiger partial charge in [-0.1, -0.05) is 0 Å². The number of rotatable bonds is 5. The molecule has 14 heavy (non-hydrogen) atoms. The fourth-order valence-corrected chi connectivity index (χ4v) is 1.86. The fourth-order valence-electron chi connectivity index (χ4n) is 1.86. The summed E-state index contributed by atoms with van der Waals surface area (Å²) in [5.74, 6) is 0. The monoisotopic (exact) mass is 200 g/mol. The molecule has 0 aromatic carbocycles. The zero-order chi connectivity index (χ0) is 10.4. The van der Waals surface area contributed by atoms with Crippen molar-refractivity contribution in [1.82, 2.24) is 10.6 Å². The largest absolute Gasteiger partial charge is 0.375 e. The van der Waals surface area contributed by atoms with E-state index in [0.717, 1.165) is 26.2 Å². The predicted molar refractivity (Wildman–Crippen MR) is 59.6 cm³/mol. The van der Waals surface area contributed by atoms with Gasteiger partial charge in [0, 0.05) is 19.2 Å². The van der Waals surface area contributed by atoms with E-state index in [-0.39, 0.29) is 5.60 Å². The first-order chi connectivity index (χ1) is 6.64. The standard InChI is InChI=1S/C11H24N2O/c1-4-14-11(2,3)9-13-10-5-7-12-8-6-10/h10,12-13H,4-9H2,1-3H3. The summed E-state index contributed by atoms with van der Waals surface area (Å²) in [5.41, 5.74) is -0.0281. The lowest BCUT2D eigenvalue weighted by Gasteiger charge is -2.30. The van der Waals surface area contributed by atoms with Crippen LogP contribution in [0.5, 0.6) is 0 Å². The maximum Gasteiger partial charge on any atom is 0.0750 e. The Morgan fingerprint density at radius 1 is 1.36 bits per heavy atom. The highest BCUT2D eigenvalue weighted by Gasteiger charge is 2.20. The van der Waals surface area contributed by atoms with Gasteiger partial charge >= 0.3 is 0 Å². The molecule has 0 amide bonds. The van der Waals surface area contributed by atoms with Crippen LogP contribution in [0, 0.1) is 0 Å². The SMILES string of the molecule is CCOC(C)(C)CNC1CCNCC1. The second kappa shape index (κ2) is 5.69. The molecular formula is C11H24N2O. The third-order valence-corrected chi connectivity index (χ3v) is 2.69. The van der Waals surface area contributed by atoms with Gasteiger partial charge in [-0.15, -0.1) is 0 Å². The molecule has 1 heterocycles. The third-order valence-electron chi connectivity index (χ3n) is 2.69. The molecular weight excluding hydrogens is 176 g/mol. The van der Waals surface area contributed by atoms with Crippen molar-refractivity contribution in [2.75, 3.05) is 26.2 Å².